The highest BCUT2D eigenvalue weighted by Gasteiger charge is 2.14. The van der Waals surface area contributed by atoms with E-state index in [-0.39, 0.29) is 5.91 Å². The SMILES string of the molecule is Cc1c(/C=N/NC(=O)c2cc(-c3ccccc3)nc3ccccc23)c2ccccc2n1C. The van der Waals surface area contributed by atoms with Crippen LogP contribution < -0.4 is 5.43 Å². The van der Waals surface area contributed by atoms with E-state index in [9.17, 15) is 4.79 Å². The number of nitrogens with one attached hydrogen (secondary N) is 1. The second-order valence-electron chi connectivity index (χ2n) is 7.71. The summed E-state index contributed by atoms with van der Waals surface area (Å²) in [5.41, 5.74) is 8.95. The fourth-order valence-corrected chi connectivity index (χ4v) is 4.05. The van der Waals surface area contributed by atoms with Gasteiger partial charge in [-0.1, -0.05) is 66.7 Å². The number of para-hydroxylation sites is 2. The molecule has 0 atom stereocenters. The number of carbonyl (C=O) groups excluding carboxylic acids is 1. The largest absolute Gasteiger partial charge is 0.347 e. The molecule has 5 aromatic rings. The van der Waals surface area contributed by atoms with E-state index in [0.29, 0.717) is 5.56 Å². The third kappa shape index (κ3) is 3.44. The summed E-state index contributed by atoms with van der Waals surface area (Å²) in [6.45, 7) is 2.05. The lowest BCUT2D eigenvalue weighted by molar-refractivity contribution is 0.0956. The van der Waals surface area contributed by atoms with Gasteiger partial charge in [-0.25, -0.2) is 10.4 Å². The van der Waals surface area contributed by atoms with Gasteiger partial charge in [0.15, 0.2) is 0 Å². The van der Waals surface area contributed by atoms with Crippen LogP contribution in [0, 0.1) is 6.92 Å². The number of fused-ring (bicyclic) bond motifs is 2. The highest BCUT2D eigenvalue weighted by molar-refractivity contribution is 6.08. The molecule has 0 spiro atoms. The van der Waals surface area contributed by atoms with Crippen LogP contribution in [0.1, 0.15) is 21.6 Å². The Morgan fingerprint density at radius 1 is 0.938 bits per heavy atom. The summed E-state index contributed by atoms with van der Waals surface area (Å²) in [4.78, 5) is 17.9. The minimum absolute atomic E-state index is 0.269. The molecular weight excluding hydrogens is 396 g/mol. The Morgan fingerprint density at radius 3 is 2.44 bits per heavy atom. The molecule has 5 heteroatoms. The summed E-state index contributed by atoms with van der Waals surface area (Å²) in [6.07, 6.45) is 1.72. The maximum atomic E-state index is 13.1. The van der Waals surface area contributed by atoms with Crippen LogP contribution in [0.4, 0.5) is 0 Å². The number of amides is 1. The number of pyridine rings is 1. The quantitative estimate of drug-likeness (QED) is 0.311. The van der Waals surface area contributed by atoms with E-state index in [1.54, 1.807) is 6.21 Å². The highest BCUT2D eigenvalue weighted by Crippen LogP contribution is 2.25. The molecule has 0 bridgehead atoms. The molecule has 5 rings (SSSR count). The third-order valence-corrected chi connectivity index (χ3v) is 5.84. The van der Waals surface area contributed by atoms with Gasteiger partial charge in [0.1, 0.15) is 0 Å². The standard InChI is InChI=1S/C27H22N4O/c1-18-23(21-13-7-9-15-26(21)31(18)2)17-28-30-27(32)22-16-25(19-10-4-3-5-11-19)29-24-14-8-6-12-20(22)24/h3-17H,1-2H3,(H,30,32)/b28-17+. The molecule has 32 heavy (non-hydrogen) atoms. The predicted molar refractivity (Wildman–Crippen MR) is 130 cm³/mol. The Hall–Kier alpha value is -4.25. The van der Waals surface area contributed by atoms with Gasteiger partial charge < -0.3 is 4.57 Å². The van der Waals surface area contributed by atoms with Gasteiger partial charge in [0.05, 0.1) is 23.0 Å². The van der Waals surface area contributed by atoms with Gasteiger partial charge in [0.25, 0.3) is 5.91 Å². The minimum atomic E-state index is -0.269. The van der Waals surface area contributed by atoms with Crippen LogP contribution >= 0.6 is 0 Å². The lowest BCUT2D eigenvalue weighted by Gasteiger charge is -2.09. The third-order valence-electron chi connectivity index (χ3n) is 5.84. The average Bonchev–Trinajstić information content (AvgIpc) is 3.09. The molecule has 5 nitrogen and oxygen atoms in total. The number of carbonyl (C=O) groups is 1. The van der Waals surface area contributed by atoms with Crippen LogP contribution in [0.3, 0.4) is 0 Å². The van der Waals surface area contributed by atoms with Gasteiger partial charge >= 0.3 is 0 Å². The van der Waals surface area contributed by atoms with E-state index in [0.717, 1.165) is 44.3 Å². The number of benzene rings is 3. The van der Waals surface area contributed by atoms with Gasteiger partial charge in [-0.3, -0.25) is 4.79 Å². The van der Waals surface area contributed by atoms with Crippen molar-refractivity contribution in [1.29, 1.82) is 0 Å². The second kappa shape index (κ2) is 8.12. The molecule has 2 aromatic heterocycles. The van der Waals surface area contributed by atoms with E-state index in [1.807, 2.05) is 86.8 Å². The zero-order valence-electron chi connectivity index (χ0n) is 17.9. The maximum absolute atomic E-state index is 13.1. The van der Waals surface area contributed by atoms with Gasteiger partial charge in [0.2, 0.25) is 0 Å². The lowest BCUT2D eigenvalue weighted by atomic mass is 10.0. The molecule has 2 heterocycles. The fourth-order valence-electron chi connectivity index (χ4n) is 4.05. The van der Waals surface area contributed by atoms with Crippen molar-refractivity contribution in [3.05, 3.63) is 102 Å². The molecular formula is C27H22N4O. The van der Waals surface area contributed by atoms with Gasteiger partial charge in [-0.15, -0.1) is 0 Å². The van der Waals surface area contributed by atoms with E-state index >= 15 is 0 Å². The van der Waals surface area contributed by atoms with Crippen molar-refractivity contribution in [2.45, 2.75) is 6.92 Å². The van der Waals surface area contributed by atoms with Crippen molar-refractivity contribution in [1.82, 2.24) is 15.0 Å². The number of aryl methyl sites for hydroxylation is 1. The summed E-state index contributed by atoms with van der Waals surface area (Å²) < 4.78 is 2.13. The predicted octanol–water partition coefficient (Wildman–Crippen LogP) is 5.47. The Balaban J connectivity index is 1.50. The molecule has 0 saturated carbocycles. The smallest absolute Gasteiger partial charge is 0.272 e. The molecule has 156 valence electrons. The zero-order chi connectivity index (χ0) is 22.1. The van der Waals surface area contributed by atoms with E-state index in [4.69, 9.17) is 4.98 Å². The van der Waals surface area contributed by atoms with Crippen LogP contribution in [0.25, 0.3) is 33.1 Å². The summed E-state index contributed by atoms with van der Waals surface area (Å²) in [5.74, 6) is -0.269. The van der Waals surface area contributed by atoms with Crippen molar-refractivity contribution in [3.8, 4) is 11.3 Å². The van der Waals surface area contributed by atoms with Crippen molar-refractivity contribution in [2.75, 3.05) is 0 Å². The topological polar surface area (TPSA) is 59.3 Å². The molecule has 1 N–H and O–H groups in total. The summed E-state index contributed by atoms with van der Waals surface area (Å²) in [5, 5.41) is 6.19. The number of rotatable bonds is 4. The first-order valence-corrected chi connectivity index (χ1v) is 10.5. The molecule has 0 radical (unpaired) electrons. The molecule has 3 aromatic carbocycles. The summed E-state index contributed by atoms with van der Waals surface area (Å²) >= 11 is 0. The normalized spacial score (nSPS) is 11.4. The lowest BCUT2D eigenvalue weighted by Crippen LogP contribution is -2.18. The monoisotopic (exact) mass is 418 g/mol. The molecule has 0 fully saturated rings. The zero-order valence-corrected chi connectivity index (χ0v) is 17.9. The first-order valence-electron chi connectivity index (χ1n) is 10.5. The molecule has 0 aliphatic heterocycles. The first kappa shape index (κ1) is 19.7. The van der Waals surface area contributed by atoms with Crippen LogP contribution in [-0.4, -0.2) is 21.7 Å². The second-order valence-corrected chi connectivity index (χ2v) is 7.71. The van der Waals surface area contributed by atoms with Crippen LogP contribution in [0.5, 0.6) is 0 Å². The first-order chi connectivity index (χ1) is 15.6. The highest BCUT2D eigenvalue weighted by atomic mass is 16.2. The number of nitrogens with zero attached hydrogens (tertiary/aromatic N) is 3. The Morgan fingerprint density at radius 2 is 1.62 bits per heavy atom. The minimum Gasteiger partial charge on any atom is -0.347 e. The van der Waals surface area contributed by atoms with Crippen LogP contribution in [-0.2, 0) is 7.05 Å². The van der Waals surface area contributed by atoms with Gasteiger partial charge in [0, 0.05) is 40.2 Å². The van der Waals surface area contributed by atoms with Crippen LogP contribution in [0.15, 0.2) is 90.0 Å². The average molecular weight is 419 g/mol. The summed E-state index contributed by atoms with van der Waals surface area (Å²) in [7, 11) is 2.03. The Kier molecular flexibility index (Phi) is 5.00. The molecule has 1 amide bonds. The Labute approximate surface area is 186 Å². The number of aromatic nitrogens is 2. The fraction of sp³-hybridized carbons (Fsp3) is 0.0741. The maximum Gasteiger partial charge on any atom is 0.272 e. The number of hydrazone groups is 1. The molecule has 0 aliphatic carbocycles. The van der Waals surface area contributed by atoms with Gasteiger partial charge in [-0.05, 0) is 25.1 Å². The molecule has 0 unspecified atom stereocenters. The van der Waals surface area contributed by atoms with Gasteiger partial charge in [-0.2, -0.15) is 5.10 Å². The van der Waals surface area contributed by atoms with E-state index in [1.165, 1.54) is 0 Å². The molecule has 0 aliphatic rings. The summed E-state index contributed by atoms with van der Waals surface area (Å²) in [6, 6.07) is 27.5. The van der Waals surface area contributed by atoms with E-state index < -0.39 is 0 Å². The van der Waals surface area contributed by atoms with E-state index in [2.05, 4.69) is 27.2 Å². The van der Waals surface area contributed by atoms with Crippen LogP contribution in [0.2, 0.25) is 0 Å². The molecule has 0 saturated heterocycles. The number of hydrogen-bond donors (Lipinski definition) is 1. The number of hydrogen-bond acceptors (Lipinski definition) is 3. The van der Waals surface area contributed by atoms with Crippen molar-refractivity contribution in [2.24, 2.45) is 12.1 Å². The van der Waals surface area contributed by atoms with Crippen molar-refractivity contribution >= 4 is 33.9 Å². The van der Waals surface area contributed by atoms with Crippen molar-refractivity contribution < 1.29 is 4.79 Å². The van der Waals surface area contributed by atoms with Crippen molar-refractivity contribution in [3.63, 3.8) is 0 Å². The Bertz CT molecular complexity index is 1480.